The van der Waals surface area contributed by atoms with Crippen molar-refractivity contribution in [2.24, 2.45) is 5.73 Å². The summed E-state index contributed by atoms with van der Waals surface area (Å²) in [4.78, 5) is 11.3. The third kappa shape index (κ3) is 4.33. The van der Waals surface area contributed by atoms with Gasteiger partial charge >= 0.3 is 6.18 Å². The highest BCUT2D eigenvalue weighted by Crippen LogP contribution is 2.22. The average Bonchev–Trinajstić information content (AvgIpc) is 2.18. The first-order valence-corrected chi connectivity index (χ1v) is 5.37. The third-order valence-electron chi connectivity index (χ3n) is 2.16. The lowest BCUT2D eigenvalue weighted by Crippen LogP contribution is -2.22. The van der Waals surface area contributed by atoms with E-state index in [1.54, 1.807) is 19.1 Å². The molecule has 0 bridgehead atoms. The summed E-state index contributed by atoms with van der Waals surface area (Å²) in [6.07, 6.45) is -6.05. The van der Waals surface area contributed by atoms with Crippen LogP contribution in [0.15, 0.2) is 18.2 Å². The van der Waals surface area contributed by atoms with E-state index in [9.17, 15) is 18.0 Å². The minimum Gasteiger partial charge on any atom is -0.389 e. The van der Waals surface area contributed by atoms with Crippen molar-refractivity contribution in [3.05, 3.63) is 29.3 Å². The zero-order chi connectivity index (χ0) is 13.9. The van der Waals surface area contributed by atoms with Crippen LogP contribution >= 0.6 is 12.2 Å². The number of hydrogen-bond donors (Lipinski definition) is 2. The molecule has 3 N–H and O–H groups in total. The Bertz CT molecular complexity index is 486. The molecule has 0 atom stereocenters. The van der Waals surface area contributed by atoms with Crippen LogP contribution in [-0.2, 0) is 4.79 Å². The van der Waals surface area contributed by atoms with Crippen LogP contribution in [0, 0.1) is 6.92 Å². The minimum absolute atomic E-state index is 0.112. The topological polar surface area (TPSA) is 55.1 Å². The quantitative estimate of drug-likeness (QED) is 0.834. The normalized spacial score (nSPS) is 11.1. The van der Waals surface area contributed by atoms with Crippen molar-refractivity contribution in [3.8, 4) is 0 Å². The van der Waals surface area contributed by atoms with Gasteiger partial charge in [-0.25, -0.2) is 0 Å². The van der Waals surface area contributed by atoms with Crippen molar-refractivity contribution in [2.75, 3.05) is 5.32 Å². The summed E-state index contributed by atoms with van der Waals surface area (Å²) in [7, 11) is 0. The van der Waals surface area contributed by atoms with Crippen molar-refractivity contribution >= 4 is 28.8 Å². The zero-order valence-electron chi connectivity index (χ0n) is 9.47. The van der Waals surface area contributed by atoms with Gasteiger partial charge in [-0.1, -0.05) is 24.4 Å². The Kier molecular flexibility index (Phi) is 4.28. The van der Waals surface area contributed by atoms with Gasteiger partial charge in [0.2, 0.25) is 5.91 Å². The van der Waals surface area contributed by atoms with Crippen LogP contribution in [0.25, 0.3) is 0 Å². The van der Waals surface area contributed by atoms with Crippen LogP contribution in [0.5, 0.6) is 0 Å². The Morgan fingerprint density at radius 2 is 2.06 bits per heavy atom. The molecule has 0 radical (unpaired) electrons. The van der Waals surface area contributed by atoms with E-state index in [-0.39, 0.29) is 10.7 Å². The van der Waals surface area contributed by atoms with Crippen molar-refractivity contribution in [1.82, 2.24) is 0 Å². The number of hydrogen-bond acceptors (Lipinski definition) is 2. The lowest BCUT2D eigenvalue weighted by atomic mass is 10.1. The third-order valence-corrected chi connectivity index (χ3v) is 2.39. The molecular formula is C11H11F3N2OS. The SMILES string of the molecule is Cc1ccc(C(N)=S)cc1NC(=O)CC(F)(F)F. The van der Waals surface area contributed by atoms with E-state index in [0.717, 1.165) is 0 Å². The van der Waals surface area contributed by atoms with E-state index in [1.165, 1.54) is 6.07 Å². The summed E-state index contributed by atoms with van der Waals surface area (Å²) in [5, 5.41) is 2.19. The monoisotopic (exact) mass is 276 g/mol. The fourth-order valence-electron chi connectivity index (χ4n) is 1.29. The molecule has 1 aromatic carbocycles. The summed E-state index contributed by atoms with van der Waals surface area (Å²) in [5.41, 5.74) is 6.79. The van der Waals surface area contributed by atoms with E-state index in [0.29, 0.717) is 11.1 Å². The van der Waals surface area contributed by atoms with Gasteiger partial charge in [0.05, 0.1) is 0 Å². The maximum atomic E-state index is 12.0. The number of halogens is 3. The van der Waals surface area contributed by atoms with Gasteiger partial charge in [-0.05, 0) is 18.6 Å². The van der Waals surface area contributed by atoms with Crippen LogP contribution in [0.3, 0.4) is 0 Å². The number of rotatable bonds is 3. The fourth-order valence-corrected chi connectivity index (χ4v) is 1.41. The number of alkyl halides is 3. The van der Waals surface area contributed by atoms with Gasteiger partial charge in [0, 0.05) is 11.3 Å². The molecule has 0 aromatic heterocycles. The highest BCUT2D eigenvalue weighted by molar-refractivity contribution is 7.80. The molecule has 0 heterocycles. The van der Waals surface area contributed by atoms with Crippen LogP contribution < -0.4 is 11.1 Å². The van der Waals surface area contributed by atoms with Crippen molar-refractivity contribution < 1.29 is 18.0 Å². The van der Waals surface area contributed by atoms with E-state index in [2.05, 4.69) is 5.32 Å². The molecule has 7 heteroatoms. The summed E-state index contributed by atoms with van der Waals surface area (Å²) in [6.45, 7) is 1.66. The first-order chi connectivity index (χ1) is 8.19. The number of nitrogens with one attached hydrogen (secondary N) is 1. The predicted molar refractivity (Wildman–Crippen MR) is 66.4 cm³/mol. The number of aryl methyl sites for hydroxylation is 1. The molecule has 0 saturated heterocycles. The number of amides is 1. The van der Waals surface area contributed by atoms with Crippen molar-refractivity contribution in [1.29, 1.82) is 0 Å². The molecule has 1 amide bonds. The number of thiocarbonyl (C=S) groups is 1. The first-order valence-electron chi connectivity index (χ1n) is 4.96. The lowest BCUT2D eigenvalue weighted by molar-refractivity contribution is -0.150. The maximum absolute atomic E-state index is 12.0. The Hall–Kier alpha value is -1.63. The highest BCUT2D eigenvalue weighted by Gasteiger charge is 2.31. The molecule has 0 unspecified atom stereocenters. The van der Waals surface area contributed by atoms with Crippen LogP contribution in [0.4, 0.5) is 18.9 Å². The average molecular weight is 276 g/mol. The number of carbonyl (C=O) groups is 1. The van der Waals surface area contributed by atoms with E-state index >= 15 is 0 Å². The molecule has 0 saturated carbocycles. The molecule has 1 rings (SSSR count). The molecule has 0 spiro atoms. The Labute approximate surface area is 107 Å². The molecule has 0 aliphatic heterocycles. The Balaban J connectivity index is 2.87. The molecule has 0 aliphatic carbocycles. The number of carbonyl (C=O) groups excluding carboxylic acids is 1. The van der Waals surface area contributed by atoms with Gasteiger partial charge < -0.3 is 11.1 Å². The van der Waals surface area contributed by atoms with Gasteiger partial charge in [-0.15, -0.1) is 0 Å². The lowest BCUT2D eigenvalue weighted by Gasteiger charge is -2.11. The van der Waals surface area contributed by atoms with E-state index in [1.807, 2.05) is 0 Å². The smallest absolute Gasteiger partial charge is 0.389 e. The summed E-state index contributed by atoms with van der Waals surface area (Å²) < 4.78 is 36.0. The van der Waals surface area contributed by atoms with Crippen molar-refractivity contribution in [3.63, 3.8) is 0 Å². The van der Waals surface area contributed by atoms with Crippen LogP contribution in [-0.4, -0.2) is 17.1 Å². The van der Waals surface area contributed by atoms with Gasteiger partial charge in [0.15, 0.2) is 0 Å². The van der Waals surface area contributed by atoms with Gasteiger partial charge in [0.25, 0.3) is 0 Å². The fraction of sp³-hybridized carbons (Fsp3) is 0.273. The van der Waals surface area contributed by atoms with Gasteiger partial charge in [-0.2, -0.15) is 13.2 Å². The van der Waals surface area contributed by atoms with Crippen molar-refractivity contribution in [2.45, 2.75) is 19.5 Å². The molecule has 0 fully saturated rings. The number of nitrogens with two attached hydrogens (primary N) is 1. The van der Waals surface area contributed by atoms with Gasteiger partial charge in [-0.3, -0.25) is 4.79 Å². The van der Waals surface area contributed by atoms with E-state index in [4.69, 9.17) is 18.0 Å². The first kappa shape index (κ1) is 14.4. The Morgan fingerprint density at radius 1 is 1.44 bits per heavy atom. The summed E-state index contributed by atoms with van der Waals surface area (Å²) >= 11 is 4.75. The molecule has 3 nitrogen and oxygen atoms in total. The molecule has 18 heavy (non-hydrogen) atoms. The van der Waals surface area contributed by atoms with E-state index < -0.39 is 18.5 Å². The second-order valence-electron chi connectivity index (χ2n) is 3.73. The maximum Gasteiger partial charge on any atom is 0.397 e. The standard InChI is InChI=1S/C11H11F3N2OS/c1-6-2-3-7(10(15)18)4-8(6)16-9(17)5-11(12,13)14/h2-4H,5H2,1H3,(H2,15,18)(H,16,17). The molecule has 0 aliphatic rings. The largest absolute Gasteiger partial charge is 0.397 e. The second kappa shape index (κ2) is 5.34. The zero-order valence-corrected chi connectivity index (χ0v) is 10.3. The van der Waals surface area contributed by atoms with Crippen LogP contribution in [0.2, 0.25) is 0 Å². The van der Waals surface area contributed by atoms with Gasteiger partial charge in [0.1, 0.15) is 11.4 Å². The number of anilines is 1. The molecular weight excluding hydrogens is 265 g/mol. The summed E-state index contributed by atoms with van der Waals surface area (Å²) in [6, 6.07) is 4.71. The van der Waals surface area contributed by atoms with Crippen LogP contribution in [0.1, 0.15) is 17.5 Å². The molecule has 1 aromatic rings. The highest BCUT2D eigenvalue weighted by atomic mass is 32.1. The summed E-state index contributed by atoms with van der Waals surface area (Å²) in [5.74, 6) is -1.12. The second-order valence-corrected chi connectivity index (χ2v) is 4.17. The molecule has 98 valence electrons. The number of benzene rings is 1. The minimum atomic E-state index is -4.53. The predicted octanol–water partition coefficient (Wildman–Crippen LogP) is 2.52. The Morgan fingerprint density at radius 3 is 2.56 bits per heavy atom.